The van der Waals surface area contributed by atoms with E-state index in [-0.39, 0.29) is 5.91 Å². The highest BCUT2D eigenvalue weighted by Gasteiger charge is 2.19. The summed E-state index contributed by atoms with van der Waals surface area (Å²) in [6.07, 6.45) is 5.98. The van der Waals surface area contributed by atoms with Gasteiger partial charge in [0.05, 0.1) is 0 Å². The fraction of sp³-hybridized carbons (Fsp3) is 0.400. The molecule has 4 rings (SSSR count). The SMILES string of the molecule is CCc1cc2c(cc1Sc1nc3c(N)ncnc3n1CCNC(C)=O)CCC2. The minimum atomic E-state index is -0.0559. The van der Waals surface area contributed by atoms with E-state index in [4.69, 9.17) is 10.7 Å². The molecule has 0 spiro atoms. The molecule has 0 saturated heterocycles. The highest BCUT2D eigenvalue weighted by Crippen LogP contribution is 2.36. The highest BCUT2D eigenvalue weighted by molar-refractivity contribution is 7.99. The van der Waals surface area contributed by atoms with Crippen molar-refractivity contribution >= 4 is 34.7 Å². The molecule has 0 radical (unpaired) electrons. The number of rotatable bonds is 6. The molecule has 0 bridgehead atoms. The van der Waals surface area contributed by atoms with Crippen LogP contribution < -0.4 is 11.1 Å². The Bertz CT molecular complexity index is 1040. The molecule has 0 saturated carbocycles. The number of nitrogen functional groups attached to an aromatic ring is 1. The first kappa shape index (κ1) is 18.7. The molecule has 0 aliphatic heterocycles. The molecule has 3 N–H and O–H groups in total. The first-order valence-corrected chi connectivity index (χ1v) is 10.4. The predicted octanol–water partition coefficient (Wildman–Crippen LogP) is 2.75. The van der Waals surface area contributed by atoms with E-state index in [9.17, 15) is 4.79 Å². The van der Waals surface area contributed by atoms with Crippen molar-refractivity contribution in [3.8, 4) is 0 Å². The first-order valence-electron chi connectivity index (χ1n) is 9.60. The fourth-order valence-corrected chi connectivity index (χ4v) is 4.84. The first-order chi connectivity index (χ1) is 13.6. The van der Waals surface area contributed by atoms with Crippen molar-refractivity contribution in [3.63, 3.8) is 0 Å². The maximum absolute atomic E-state index is 11.3. The Kier molecular flexibility index (Phi) is 5.21. The van der Waals surface area contributed by atoms with Gasteiger partial charge < -0.3 is 15.6 Å². The minimum absolute atomic E-state index is 0.0559. The number of carbonyl (C=O) groups excluding carboxylic acids is 1. The summed E-state index contributed by atoms with van der Waals surface area (Å²) >= 11 is 1.64. The highest BCUT2D eigenvalue weighted by atomic mass is 32.2. The number of nitrogens with one attached hydrogen (secondary N) is 1. The number of aromatic nitrogens is 4. The van der Waals surface area contributed by atoms with Crippen LogP contribution in [-0.4, -0.2) is 32.0 Å². The Hall–Kier alpha value is -2.61. The molecule has 1 aromatic carbocycles. The topological polar surface area (TPSA) is 98.7 Å². The van der Waals surface area contributed by atoms with E-state index in [2.05, 4.69) is 34.3 Å². The number of carbonyl (C=O) groups is 1. The molecule has 1 amide bonds. The number of aryl methyl sites for hydroxylation is 3. The number of fused-ring (bicyclic) bond motifs is 2. The summed E-state index contributed by atoms with van der Waals surface area (Å²) in [5.74, 6) is 0.314. The molecular weight excluding hydrogens is 372 g/mol. The number of hydrogen-bond acceptors (Lipinski definition) is 6. The predicted molar refractivity (Wildman–Crippen MR) is 110 cm³/mol. The second-order valence-corrected chi connectivity index (χ2v) is 8.01. The maximum Gasteiger partial charge on any atom is 0.216 e. The van der Waals surface area contributed by atoms with Gasteiger partial charge >= 0.3 is 0 Å². The van der Waals surface area contributed by atoms with E-state index in [1.165, 1.54) is 47.7 Å². The van der Waals surface area contributed by atoms with Gasteiger partial charge in [0.15, 0.2) is 22.1 Å². The number of nitrogens with two attached hydrogens (primary N) is 1. The zero-order valence-electron chi connectivity index (χ0n) is 16.2. The van der Waals surface area contributed by atoms with E-state index in [0.29, 0.717) is 30.1 Å². The molecule has 28 heavy (non-hydrogen) atoms. The number of anilines is 1. The van der Waals surface area contributed by atoms with Crippen LogP contribution in [0.1, 0.15) is 37.0 Å². The van der Waals surface area contributed by atoms with Gasteiger partial charge in [0, 0.05) is 24.9 Å². The fourth-order valence-electron chi connectivity index (χ4n) is 3.68. The van der Waals surface area contributed by atoms with Crippen molar-refractivity contribution in [1.29, 1.82) is 0 Å². The largest absolute Gasteiger partial charge is 0.382 e. The Labute approximate surface area is 168 Å². The van der Waals surface area contributed by atoms with Crippen molar-refractivity contribution < 1.29 is 4.79 Å². The van der Waals surface area contributed by atoms with Crippen LogP contribution in [0.25, 0.3) is 11.2 Å². The second-order valence-electron chi connectivity index (χ2n) is 7.00. The van der Waals surface area contributed by atoms with Crippen molar-refractivity contribution in [1.82, 2.24) is 24.8 Å². The van der Waals surface area contributed by atoms with Gasteiger partial charge in [-0.25, -0.2) is 15.0 Å². The monoisotopic (exact) mass is 396 g/mol. The summed E-state index contributed by atoms with van der Waals surface area (Å²) < 4.78 is 2.01. The third kappa shape index (κ3) is 3.56. The lowest BCUT2D eigenvalue weighted by molar-refractivity contribution is -0.118. The average molecular weight is 397 g/mol. The molecule has 2 aromatic heterocycles. The van der Waals surface area contributed by atoms with Gasteiger partial charge in [0.25, 0.3) is 0 Å². The summed E-state index contributed by atoms with van der Waals surface area (Å²) in [5.41, 5.74) is 11.6. The van der Waals surface area contributed by atoms with Gasteiger partial charge in [-0.3, -0.25) is 4.79 Å². The van der Waals surface area contributed by atoms with Crippen LogP contribution in [0, 0.1) is 0 Å². The minimum Gasteiger partial charge on any atom is -0.382 e. The van der Waals surface area contributed by atoms with Crippen LogP contribution in [0.3, 0.4) is 0 Å². The van der Waals surface area contributed by atoms with Crippen LogP contribution in [-0.2, 0) is 30.6 Å². The quantitative estimate of drug-likeness (QED) is 0.665. The van der Waals surface area contributed by atoms with Gasteiger partial charge in [-0.1, -0.05) is 24.8 Å². The lowest BCUT2D eigenvalue weighted by Gasteiger charge is -2.12. The molecule has 146 valence electrons. The number of hydrogen-bond donors (Lipinski definition) is 2. The van der Waals surface area contributed by atoms with Gasteiger partial charge in [0.2, 0.25) is 5.91 Å². The number of imidazole rings is 1. The van der Waals surface area contributed by atoms with Gasteiger partial charge in [-0.05, 0) is 48.4 Å². The van der Waals surface area contributed by atoms with Crippen LogP contribution >= 0.6 is 11.8 Å². The third-order valence-electron chi connectivity index (χ3n) is 5.09. The molecular formula is C20H24N6OS. The van der Waals surface area contributed by atoms with Crippen molar-refractivity contribution in [2.75, 3.05) is 12.3 Å². The number of nitrogens with zero attached hydrogens (tertiary/aromatic N) is 4. The van der Waals surface area contributed by atoms with Crippen LogP contribution in [0.4, 0.5) is 5.82 Å². The molecule has 0 unspecified atom stereocenters. The summed E-state index contributed by atoms with van der Waals surface area (Å²) in [7, 11) is 0. The smallest absolute Gasteiger partial charge is 0.216 e. The van der Waals surface area contributed by atoms with Crippen molar-refractivity contribution in [2.45, 2.75) is 56.1 Å². The van der Waals surface area contributed by atoms with Crippen molar-refractivity contribution in [2.24, 2.45) is 0 Å². The Balaban J connectivity index is 1.74. The zero-order valence-corrected chi connectivity index (χ0v) is 17.0. The van der Waals surface area contributed by atoms with Gasteiger partial charge in [-0.15, -0.1) is 0 Å². The van der Waals surface area contributed by atoms with E-state index in [1.807, 2.05) is 4.57 Å². The molecule has 8 heteroatoms. The Morgan fingerprint density at radius 3 is 2.82 bits per heavy atom. The molecule has 1 aliphatic carbocycles. The van der Waals surface area contributed by atoms with E-state index in [1.54, 1.807) is 11.8 Å². The molecule has 0 fully saturated rings. The Morgan fingerprint density at radius 1 is 1.29 bits per heavy atom. The van der Waals surface area contributed by atoms with Crippen LogP contribution in [0.2, 0.25) is 0 Å². The number of amides is 1. The number of benzene rings is 1. The zero-order chi connectivity index (χ0) is 19.7. The summed E-state index contributed by atoms with van der Waals surface area (Å²) in [6.45, 7) is 4.77. The second kappa shape index (κ2) is 7.79. The van der Waals surface area contributed by atoms with Crippen LogP contribution in [0.5, 0.6) is 0 Å². The Morgan fingerprint density at radius 2 is 2.07 bits per heavy atom. The lowest BCUT2D eigenvalue weighted by atomic mass is 10.0. The summed E-state index contributed by atoms with van der Waals surface area (Å²) in [4.78, 5) is 25.7. The maximum atomic E-state index is 11.3. The summed E-state index contributed by atoms with van der Waals surface area (Å²) in [6, 6.07) is 4.67. The molecule has 1 aliphatic rings. The van der Waals surface area contributed by atoms with Crippen LogP contribution in [0.15, 0.2) is 28.5 Å². The molecule has 7 nitrogen and oxygen atoms in total. The third-order valence-corrected chi connectivity index (χ3v) is 6.19. The van der Waals surface area contributed by atoms with E-state index in [0.717, 1.165) is 18.0 Å². The molecule has 3 aromatic rings. The normalized spacial score (nSPS) is 13.1. The van der Waals surface area contributed by atoms with E-state index >= 15 is 0 Å². The molecule has 0 atom stereocenters. The lowest BCUT2D eigenvalue weighted by Crippen LogP contribution is -2.24. The van der Waals surface area contributed by atoms with Gasteiger partial charge in [-0.2, -0.15) is 0 Å². The van der Waals surface area contributed by atoms with Gasteiger partial charge in [0.1, 0.15) is 6.33 Å². The molecule has 2 heterocycles. The standard InChI is InChI=1S/C20H24N6OS/c1-3-13-9-14-5-4-6-15(14)10-16(13)28-20-25-17-18(21)23-11-24-19(17)26(20)8-7-22-12(2)27/h9-11H,3-8H2,1-2H3,(H,22,27)(H2,21,23,24). The van der Waals surface area contributed by atoms with E-state index < -0.39 is 0 Å². The average Bonchev–Trinajstić information content (AvgIpc) is 3.26. The van der Waals surface area contributed by atoms with Crippen molar-refractivity contribution in [3.05, 3.63) is 35.2 Å². The summed E-state index contributed by atoms with van der Waals surface area (Å²) in [5, 5.41) is 3.66.